The molecule has 4 aliphatic rings. The van der Waals surface area contributed by atoms with Crippen molar-refractivity contribution in [2.45, 2.75) is 131 Å². The molecule has 20 atom stereocenters. The van der Waals surface area contributed by atoms with Crippen LogP contribution in [0.4, 0.5) is 0 Å². The Balaban J connectivity index is 0.00000102. The van der Waals surface area contributed by atoms with E-state index in [1.165, 1.54) is 0 Å². The minimum Gasteiger partial charge on any atom is -0.481 e. The van der Waals surface area contributed by atoms with E-state index in [9.17, 15) is 66.1 Å². The number of aliphatic hydroxyl groups excluding tert-OH is 12. The predicted octanol–water partition coefficient (Wildman–Crippen LogP) is -6.40. The molecule has 13 N–H and O–H groups in total. The third-order valence-corrected chi connectivity index (χ3v) is 10.2. The Morgan fingerprint density at radius 1 is 0.537 bits per heavy atom. The first-order valence-corrected chi connectivity index (χ1v) is 18.7. The van der Waals surface area contributed by atoms with Crippen LogP contribution in [-0.2, 0) is 42.7 Å². The lowest BCUT2D eigenvalue weighted by molar-refractivity contribution is -0.373. The average molecular weight is 813 g/mol. The third-order valence-electron chi connectivity index (χ3n) is 9.57. The molecular weight excluding hydrogens is 756 g/mol. The number of hydrogen-bond donors (Lipinski definition) is 13. The van der Waals surface area contributed by atoms with Crippen molar-refractivity contribution in [2.24, 2.45) is 11.8 Å². The summed E-state index contributed by atoms with van der Waals surface area (Å²) in [4.78, 5) is 9.74. The Morgan fingerprint density at radius 3 is 1.17 bits per heavy atom. The van der Waals surface area contributed by atoms with Gasteiger partial charge in [0, 0.05) is 17.6 Å². The molecule has 54 heavy (non-hydrogen) atoms. The smallest absolute Gasteiger partial charge is 0.304 e. The molecule has 0 spiro atoms. The maximum absolute atomic E-state index is 10.8. The number of hydrogen-bond acceptors (Lipinski definition) is 22. The standard InChI is InChI=1S/C27H48O20.C4H8O2S/c1-8-22(46-26-20(38)18(36)14(32)10(3-28)44-26)16(34)12(5-30)42-24(8)40-7-41-25-9(2)23(17(35)13(6-31)43-25)47-27-21(39)19(37)15(33)11(4-29)45-27;1-7-3-2-4(5)6/h8-39H,3-7H2,1-2H3;2-3H2,1H3,(H,5,6)/t8?,9?,10?,11?,12?,13?,14-,15-,16-,17-,18-,19-,20?,21?,22+,23+,24-,25-,26-,27-;/m0./s1. The van der Waals surface area contributed by atoms with Gasteiger partial charge in [-0.3, -0.25) is 4.79 Å². The van der Waals surface area contributed by atoms with Crippen LogP contribution >= 0.6 is 11.8 Å². The molecule has 22 nitrogen and oxygen atoms in total. The van der Waals surface area contributed by atoms with Crippen LogP contribution in [0.5, 0.6) is 0 Å². The van der Waals surface area contributed by atoms with Gasteiger partial charge in [0.1, 0.15) is 73.2 Å². The van der Waals surface area contributed by atoms with Gasteiger partial charge in [0.25, 0.3) is 0 Å². The van der Waals surface area contributed by atoms with Crippen LogP contribution < -0.4 is 0 Å². The second-order valence-electron chi connectivity index (χ2n) is 13.3. The van der Waals surface area contributed by atoms with Crippen LogP contribution in [0.3, 0.4) is 0 Å². The van der Waals surface area contributed by atoms with Gasteiger partial charge in [-0.1, -0.05) is 13.8 Å². The van der Waals surface area contributed by atoms with Crippen molar-refractivity contribution in [1.29, 1.82) is 0 Å². The highest BCUT2D eigenvalue weighted by atomic mass is 32.2. The van der Waals surface area contributed by atoms with E-state index < -0.39 is 162 Å². The fraction of sp³-hybridized carbons (Fsp3) is 0.968. The molecule has 0 aliphatic carbocycles. The summed E-state index contributed by atoms with van der Waals surface area (Å²) in [5, 5.41) is 129. The number of carbonyl (C=O) groups is 1. The van der Waals surface area contributed by atoms with Crippen molar-refractivity contribution in [3.05, 3.63) is 0 Å². The molecule has 23 heteroatoms. The van der Waals surface area contributed by atoms with Gasteiger partial charge >= 0.3 is 5.97 Å². The van der Waals surface area contributed by atoms with Crippen molar-refractivity contribution in [3.8, 4) is 0 Å². The maximum atomic E-state index is 10.8. The predicted molar refractivity (Wildman–Crippen MR) is 177 cm³/mol. The van der Waals surface area contributed by atoms with Gasteiger partial charge in [0.15, 0.2) is 32.0 Å². The molecule has 4 fully saturated rings. The Labute approximate surface area is 314 Å². The number of rotatable bonds is 15. The first-order chi connectivity index (χ1) is 25.6. The van der Waals surface area contributed by atoms with Gasteiger partial charge in [0.2, 0.25) is 0 Å². The summed E-state index contributed by atoms with van der Waals surface area (Å²) >= 11 is 1.55. The first kappa shape index (κ1) is 47.4. The summed E-state index contributed by atoms with van der Waals surface area (Å²) in [7, 11) is 0. The van der Waals surface area contributed by atoms with Crippen LogP contribution in [0.15, 0.2) is 0 Å². The molecule has 4 heterocycles. The van der Waals surface area contributed by atoms with Crippen LogP contribution in [-0.4, -0.2) is 228 Å². The second kappa shape index (κ2) is 22.2. The largest absolute Gasteiger partial charge is 0.481 e. The van der Waals surface area contributed by atoms with E-state index in [0.29, 0.717) is 0 Å². The molecule has 8 unspecified atom stereocenters. The zero-order chi connectivity index (χ0) is 40.4. The Bertz CT molecular complexity index is 1020. The van der Waals surface area contributed by atoms with Crippen LogP contribution in [0.1, 0.15) is 20.3 Å². The lowest BCUT2D eigenvalue weighted by atomic mass is 9.91. The molecule has 0 aromatic rings. The number of carboxylic acids is 1. The fourth-order valence-electron chi connectivity index (χ4n) is 6.23. The van der Waals surface area contributed by atoms with Gasteiger partial charge in [0.05, 0.1) is 45.1 Å². The number of aliphatic hydroxyl groups is 12. The van der Waals surface area contributed by atoms with Crippen molar-refractivity contribution < 1.29 is 109 Å². The SMILES string of the molecule is CC1[C@@H](OCO[C@H]2OC(CO)[C@H](O)[C@H](O[C@@H]3OC(CO)[C@H](O)[C@H](O)C3O)C2C)OC(CO)[C@H](O)[C@@H]1O[C@@H]1OC(CO)[C@H](O)[C@H](O)C1O.CSCCC(=O)O. The number of aliphatic carboxylic acids is 1. The van der Waals surface area contributed by atoms with Gasteiger partial charge < -0.3 is 104 Å². The quantitative estimate of drug-likeness (QED) is 0.0684. The topological polar surface area (TPSA) is 354 Å². The lowest BCUT2D eigenvalue weighted by Gasteiger charge is -2.47. The van der Waals surface area contributed by atoms with Crippen molar-refractivity contribution >= 4 is 17.7 Å². The van der Waals surface area contributed by atoms with E-state index in [1.807, 2.05) is 6.26 Å². The van der Waals surface area contributed by atoms with Crippen molar-refractivity contribution in [1.82, 2.24) is 0 Å². The molecule has 4 aliphatic heterocycles. The summed E-state index contributed by atoms with van der Waals surface area (Å²) in [6.45, 7) is -0.257. The molecule has 4 rings (SSSR count). The van der Waals surface area contributed by atoms with Gasteiger partial charge in [-0.2, -0.15) is 11.8 Å². The highest BCUT2D eigenvalue weighted by molar-refractivity contribution is 7.98. The van der Waals surface area contributed by atoms with Crippen LogP contribution in [0.2, 0.25) is 0 Å². The molecular formula is C31H56O22S. The summed E-state index contributed by atoms with van der Waals surface area (Å²) < 4.78 is 45.1. The van der Waals surface area contributed by atoms with E-state index in [1.54, 1.807) is 25.6 Å². The normalized spacial score (nSPS) is 45.7. The first-order valence-electron chi connectivity index (χ1n) is 17.3. The minimum atomic E-state index is -1.76. The molecule has 0 radical (unpaired) electrons. The summed E-state index contributed by atoms with van der Waals surface area (Å²) in [5.74, 6) is -1.69. The van der Waals surface area contributed by atoms with E-state index >= 15 is 0 Å². The lowest BCUT2D eigenvalue weighted by Crippen LogP contribution is -2.63. The summed E-state index contributed by atoms with van der Waals surface area (Å²) in [6, 6.07) is 0. The van der Waals surface area contributed by atoms with Gasteiger partial charge in [-0.05, 0) is 6.26 Å². The zero-order valence-electron chi connectivity index (χ0n) is 29.9. The molecule has 0 aromatic heterocycles. The Morgan fingerprint density at radius 2 is 0.870 bits per heavy atom. The Kier molecular flexibility index (Phi) is 19.5. The minimum absolute atomic E-state index is 0.279. The zero-order valence-corrected chi connectivity index (χ0v) is 30.7. The van der Waals surface area contributed by atoms with E-state index in [-0.39, 0.29) is 6.42 Å². The fourth-order valence-corrected chi connectivity index (χ4v) is 6.61. The monoisotopic (exact) mass is 812 g/mol. The number of carboxylic acid groups (broad SMARTS) is 1. The molecule has 318 valence electrons. The van der Waals surface area contributed by atoms with E-state index in [2.05, 4.69) is 0 Å². The van der Waals surface area contributed by atoms with Gasteiger partial charge in [-0.25, -0.2) is 0 Å². The molecule has 0 amide bonds. The number of thioether (sulfide) groups is 1. The van der Waals surface area contributed by atoms with E-state index in [4.69, 9.17) is 43.0 Å². The van der Waals surface area contributed by atoms with Crippen LogP contribution in [0, 0.1) is 11.8 Å². The third kappa shape index (κ3) is 11.6. The average Bonchev–Trinajstić information content (AvgIpc) is 3.15. The molecule has 0 bridgehead atoms. The highest BCUT2D eigenvalue weighted by Crippen LogP contribution is 2.35. The highest BCUT2D eigenvalue weighted by Gasteiger charge is 2.52. The summed E-state index contributed by atoms with van der Waals surface area (Å²) in [6.07, 6.45) is -24.2. The van der Waals surface area contributed by atoms with Gasteiger partial charge in [-0.15, -0.1) is 0 Å². The summed E-state index contributed by atoms with van der Waals surface area (Å²) in [5.41, 5.74) is 0. The molecule has 0 aromatic carbocycles. The molecule has 0 saturated carbocycles. The number of ether oxygens (including phenoxy) is 8. The molecule has 4 saturated heterocycles. The maximum Gasteiger partial charge on any atom is 0.304 e. The Hall–Kier alpha value is -0.980. The van der Waals surface area contributed by atoms with Crippen LogP contribution in [0.25, 0.3) is 0 Å². The van der Waals surface area contributed by atoms with E-state index in [0.717, 1.165) is 5.75 Å². The van der Waals surface area contributed by atoms with Crippen molar-refractivity contribution in [3.63, 3.8) is 0 Å². The second-order valence-corrected chi connectivity index (χ2v) is 14.3. The van der Waals surface area contributed by atoms with Crippen molar-refractivity contribution in [2.75, 3.05) is 45.2 Å².